The number of rotatable bonds is 9. The van der Waals surface area contributed by atoms with E-state index in [-0.39, 0.29) is 9.75 Å². The number of carboxylic acid groups (broad SMARTS) is 2. The summed E-state index contributed by atoms with van der Waals surface area (Å²) in [6, 6.07) is 33.9. The van der Waals surface area contributed by atoms with Crippen LogP contribution in [0.25, 0.3) is 21.5 Å². The molecule has 2 fully saturated rings. The Balaban J connectivity index is 0.979. The molecule has 8 nitrogen and oxygen atoms in total. The van der Waals surface area contributed by atoms with Gasteiger partial charge in [-0.05, 0) is 82.2 Å². The second-order valence-corrected chi connectivity index (χ2v) is 15.8. The topological polar surface area (TPSA) is 109 Å². The van der Waals surface area contributed by atoms with E-state index in [0.29, 0.717) is 33.9 Å². The fraction of sp³-hybridized carbons (Fsp3) is 0.190. The van der Waals surface area contributed by atoms with Gasteiger partial charge >= 0.3 is 11.9 Å². The lowest BCUT2D eigenvalue weighted by atomic mass is 9.97. The molecule has 9 rings (SSSR count). The van der Waals surface area contributed by atoms with Crippen molar-refractivity contribution >= 4 is 67.5 Å². The van der Waals surface area contributed by atoms with Crippen LogP contribution in [-0.4, -0.2) is 31.3 Å². The molecule has 0 spiro atoms. The Hall–Kier alpha value is -5.58. The normalized spacial score (nSPS) is 17.6. The molecule has 258 valence electrons. The maximum Gasteiger partial charge on any atom is 0.347 e. The van der Waals surface area contributed by atoms with Crippen molar-refractivity contribution in [3.05, 3.63) is 151 Å². The number of carbonyl (C=O) groups is 2. The van der Waals surface area contributed by atoms with E-state index in [2.05, 4.69) is 78.9 Å². The molecule has 7 aromatic rings. The summed E-state index contributed by atoms with van der Waals surface area (Å²) in [6.45, 7) is 0.515. The number of hydrogen-bond donors (Lipinski definition) is 2. The van der Waals surface area contributed by atoms with Crippen LogP contribution < -0.4 is 9.60 Å². The average Bonchev–Trinajstić information content (AvgIpc) is 4.08. The van der Waals surface area contributed by atoms with E-state index in [1.807, 2.05) is 29.8 Å². The minimum Gasteiger partial charge on any atom is -0.477 e. The molecule has 2 aliphatic rings. The van der Waals surface area contributed by atoms with Gasteiger partial charge in [-0.3, -0.25) is 0 Å². The largest absolute Gasteiger partial charge is 0.477 e. The molecular formula is C42H34N4O4S2. The zero-order chi connectivity index (χ0) is 35.5. The summed E-state index contributed by atoms with van der Waals surface area (Å²) in [5, 5.41) is 23.8. The van der Waals surface area contributed by atoms with Gasteiger partial charge in [0.25, 0.3) is 0 Å². The predicted octanol–water partition coefficient (Wildman–Crippen LogP) is 9.31. The summed E-state index contributed by atoms with van der Waals surface area (Å²) in [6.07, 6.45) is 6.80. The Morgan fingerprint density at radius 1 is 0.673 bits per heavy atom. The van der Waals surface area contributed by atoms with Crippen LogP contribution >= 0.6 is 22.7 Å². The van der Waals surface area contributed by atoms with Crippen LogP contribution in [0.3, 0.4) is 0 Å². The van der Waals surface area contributed by atoms with Crippen molar-refractivity contribution in [2.24, 2.45) is 17.0 Å². The second-order valence-electron chi connectivity index (χ2n) is 13.7. The fourth-order valence-corrected chi connectivity index (χ4v) is 9.05. The quantitative estimate of drug-likeness (QED) is 0.155. The molecule has 5 aromatic carbocycles. The Morgan fingerprint density at radius 2 is 1.23 bits per heavy atom. The van der Waals surface area contributed by atoms with Crippen molar-refractivity contribution in [2.45, 2.75) is 43.6 Å². The Morgan fingerprint density at radius 3 is 1.85 bits per heavy atom. The maximum atomic E-state index is 12.0. The van der Waals surface area contributed by atoms with E-state index in [9.17, 15) is 19.8 Å². The maximum absolute atomic E-state index is 12.0. The van der Waals surface area contributed by atoms with Gasteiger partial charge in [0, 0.05) is 36.8 Å². The molecule has 2 aliphatic carbocycles. The standard InChI is InChI=1S/C42H34N4O4S2/c1-45-22-37(39(47)48)51-41(45)43-35-19-17-30(29-7-3-5-9-32(29)35)34-20-33(34)26-12-10-24(11-13-26)21-46-23-38(40(49)50)52-42(46)44-36-18-16-27(25-14-15-25)28-6-2-4-8-31(28)36/h2-13,16-19,22-23,25,33-34H,14-15,20-21H2,1H3,(H,47,48)(H,49,50). The summed E-state index contributed by atoms with van der Waals surface area (Å²) in [5.74, 6) is -0.496. The van der Waals surface area contributed by atoms with Gasteiger partial charge in [0.1, 0.15) is 9.75 Å². The van der Waals surface area contributed by atoms with Crippen LogP contribution in [0, 0.1) is 0 Å². The van der Waals surface area contributed by atoms with E-state index in [1.54, 1.807) is 17.0 Å². The molecule has 0 bridgehead atoms. The lowest BCUT2D eigenvalue weighted by Gasteiger charge is -2.10. The first-order chi connectivity index (χ1) is 25.3. The highest BCUT2D eigenvalue weighted by Gasteiger charge is 2.40. The highest BCUT2D eigenvalue weighted by Crippen LogP contribution is 2.56. The first kappa shape index (κ1) is 32.3. The summed E-state index contributed by atoms with van der Waals surface area (Å²) in [4.78, 5) is 35.2. The van der Waals surface area contributed by atoms with Crippen molar-refractivity contribution in [3.8, 4) is 0 Å². The molecule has 10 heteroatoms. The number of aromatic carboxylic acids is 2. The van der Waals surface area contributed by atoms with Gasteiger partial charge < -0.3 is 19.3 Å². The molecular weight excluding hydrogens is 689 g/mol. The van der Waals surface area contributed by atoms with Crippen LogP contribution in [-0.2, 0) is 13.6 Å². The number of thiazole rings is 2. The van der Waals surface area contributed by atoms with Gasteiger partial charge in [-0.25, -0.2) is 19.6 Å². The van der Waals surface area contributed by atoms with E-state index in [4.69, 9.17) is 9.98 Å². The number of aryl methyl sites for hydroxylation is 1. The minimum absolute atomic E-state index is 0.256. The first-order valence-electron chi connectivity index (χ1n) is 17.4. The smallest absolute Gasteiger partial charge is 0.347 e. The van der Waals surface area contributed by atoms with Crippen molar-refractivity contribution in [1.82, 2.24) is 9.13 Å². The van der Waals surface area contributed by atoms with E-state index in [0.717, 1.165) is 45.5 Å². The molecule has 2 N–H and O–H groups in total. The molecule has 2 aromatic heterocycles. The van der Waals surface area contributed by atoms with Crippen molar-refractivity contribution in [2.75, 3.05) is 0 Å². The Kier molecular flexibility index (Phi) is 8.01. The lowest BCUT2D eigenvalue weighted by Crippen LogP contribution is -2.14. The van der Waals surface area contributed by atoms with E-state index >= 15 is 0 Å². The van der Waals surface area contributed by atoms with Crippen molar-refractivity contribution in [3.63, 3.8) is 0 Å². The molecule has 0 saturated heterocycles. The van der Waals surface area contributed by atoms with Crippen LogP contribution in [0.15, 0.2) is 119 Å². The number of fused-ring (bicyclic) bond motifs is 2. The molecule has 2 heterocycles. The summed E-state index contributed by atoms with van der Waals surface area (Å²) in [5.41, 5.74) is 6.71. The predicted molar refractivity (Wildman–Crippen MR) is 205 cm³/mol. The molecule has 0 aliphatic heterocycles. The van der Waals surface area contributed by atoms with Gasteiger partial charge in [-0.2, -0.15) is 0 Å². The van der Waals surface area contributed by atoms with Crippen molar-refractivity contribution < 1.29 is 19.8 Å². The molecule has 0 radical (unpaired) electrons. The zero-order valence-electron chi connectivity index (χ0n) is 28.3. The lowest BCUT2D eigenvalue weighted by molar-refractivity contribution is 0.0690. The van der Waals surface area contributed by atoms with Gasteiger partial charge in [0.05, 0.1) is 11.4 Å². The zero-order valence-corrected chi connectivity index (χ0v) is 29.9. The molecule has 0 amide bonds. The highest BCUT2D eigenvalue weighted by molar-refractivity contribution is 7.11. The van der Waals surface area contributed by atoms with Gasteiger partial charge in [-0.1, -0.05) is 108 Å². The number of benzene rings is 5. The summed E-state index contributed by atoms with van der Waals surface area (Å²) in [7, 11) is 1.81. The molecule has 2 saturated carbocycles. The minimum atomic E-state index is -0.952. The van der Waals surface area contributed by atoms with Crippen LogP contribution in [0.1, 0.15) is 78.6 Å². The number of nitrogens with zero attached hydrogens (tertiary/aromatic N) is 4. The Labute approximate surface area is 307 Å². The summed E-state index contributed by atoms with van der Waals surface area (Å²) < 4.78 is 3.70. The highest BCUT2D eigenvalue weighted by atomic mass is 32.1. The van der Waals surface area contributed by atoms with Crippen LogP contribution in [0.5, 0.6) is 0 Å². The first-order valence-corrected chi connectivity index (χ1v) is 19.0. The van der Waals surface area contributed by atoms with Gasteiger partial charge in [0.15, 0.2) is 9.60 Å². The number of aromatic nitrogens is 2. The second kappa shape index (κ2) is 12.9. The number of carboxylic acids is 2. The molecule has 2 atom stereocenters. The molecule has 2 unspecified atom stereocenters. The van der Waals surface area contributed by atoms with Gasteiger partial charge in [-0.15, -0.1) is 0 Å². The van der Waals surface area contributed by atoms with Gasteiger partial charge in [0.2, 0.25) is 0 Å². The van der Waals surface area contributed by atoms with Crippen molar-refractivity contribution in [1.29, 1.82) is 0 Å². The SMILES string of the molecule is Cn1cc(C(=O)O)sc1=Nc1ccc(C2CC2c2ccc(Cn3cc(C(=O)O)sc3=Nc3ccc(C4CC4)c4ccccc34)cc2)c2ccccc12. The monoisotopic (exact) mass is 722 g/mol. The van der Waals surface area contributed by atoms with Crippen LogP contribution in [0.2, 0.25) is 0 Å². The number of hydrogen-bond acceptors (Lipinski definition) is 6. The third kappa shape index (κ3) is 6.07. The van der Waals surface area contributed by atoms with E-state index in [1.165, 1.54) is 51.6 Å². The van der Waals surface area contributed by atoms with Crippen LogP contribution in [0.4, 0.5) is 11.4 Å². The third-order valence-electron chi connectivity index (χ3n) is 10.2. The fourth-order valence-electron chi connectivity index (χ4n) is 7.37. The van der Waals surface area contributed by atoms with E-state index < -0.39 is 11.9 Å². The summed E-state index contributed by atoms with van der Waals surface area (Å²) >= 11 is 2.36. The third-order valence-corrected chi connectivity index (χ3v) is 12.3. The molecule has 52 heavy (non-hydrogen) atoms. The average molecular weight is 723 g/mol. The Bertz CT molecular complexity index is 2700.